The summed E-state index contributed by atoms with van der Waals surface area (Å²) in [4.78, 5) is -0.146. The first-order valence-electron chi connectivity index (χ1n) is 6.78. The number of nitrogens with one attached hydrogen (secondary N) is 1. The number of hydrogen-bond donors (Lipinski definition) is 2. The Bertz CT molecular complexity index is 881. The zero-order valence-electron chi connectivity index (χ0n) is 13.1. The molecule has 136 valence electrons. The molecule has 0 aliphatic carbocycles. The molecular formula is C15H14F3NO5S. The second-order valence-electron chi connectivity index (χ2n) is 4.80. The number of hydrogen-bond acceptors (Lipinski definition) is 5. The Morgan fingerprint density at radius 2 is 1.76 bits per heavy atom. The normalized spacial score (nSPS) is 12.0. The highest BCUT2D eigenvalue weighted by atomic mass is 32.2. The summed E-state index contributed by atoms with van der Waals surface area (Å²) in [6.45, 7) is 0. The molecule has 0 fully saturated rings. The zero-order valence-corrected chi connectivity index (χ0v) is 13.9. The van der Waals surface area contributed by atoms with Crippen molar-refractivity contribution in [3.8, 4) is 28.4 Å². The molecule has 0 heterocycles. The van der Waals surface area contributed by atoms with Crippen LogP contribution in [0.25, 0.3) is 11.1 Å². The zero-order chi connectivity index (χ0) is 18.8. The molecule has 0 aliphatic heterocycles. The smallest absolute Gasteiger partial charge is 0.507 e. The Labute approximate surface area is 141 Å². The van der Waals surface area contributed by atoms with E-state index in [-0.39, 0.29) is 27.5 Å². The van der Waals surface area contributed by atoms with Gasteiger partial charge in [-0.15, -0.1) is 13.2 Å². The molecule has 0 spiro atoms. The van der Waals surface area contributed by atoms with E-state index >= 15 is 0 Å². The third-order valence-electron chi connectivity index (χ3n) is 3.24. The molecule has 0 radical (unpaired) electrons. The van der Waals surface area contributed by atoms with E-state index in [0.717, 1.165) is 18.2 Å². The van der Waals surface area contributed by atoms with Gasteiger partial charge in [0.05, 0.1) is 12.0 Å². The third kappa shape index (κ3) is 4.34. The molecule has 0 aliphatic rings. The Kier molecular flexibility index (Phi) is 5.14. The minimum Gasteiger partial charge on any atom is -0.507 e. The molecular weight excluding hydrogens is 363 g/mol. The minimum absolute atomic E-state index is 0.0771. The fraction of sp³-hybridized carbons (Fsp3) is 0.200. The van der Waals surface area contributed by atoms with Crippen LogP contribution in [0.5, 0.6) is 17.2 Å². The van der Waals surface area contributed by atoms with E-state index < -0.39 is 22.1 Å². The van der Waals surface area contributed by atoms with Gasteiger partial charge in [0.2, 0.25) is 10.0 Å². The number of sulfonamides is 1. The highest BCUT2D eigenvalue weighted by Crippen LogP contribution is 2.40. The maximum absolute atomic E-state index is 12.4. The molecule has 6 nitrogen and oxygen atoms in total. The van der Waals surface area contributed by atoms with Crippen molar-refractivity contribution in [2.45, 2.75) is 11.3 Å². The molecule has 0 saturated heterocycles. The summed E-state index contributed by atoms with van der Waals surface area (Å²) in [7, 11) is -1.28. The van der Waals surface area contributed by atoms with E-state index in [9.17, 15) is 26.7 Å². The van der Waals surface area contributed by atoms with Crippen LogP contribution in [0.15, 0.2) is 41.3 Å². The number of ether oxygens (including phenoxy) is 2. The Hall–Kier alpha value is -2.46. The SMILES string of the molecule is CNS(=O)(=O)c1ccc(OC)c(-c2cc(OC(F)(F)F)ccc2O)c1. The van der Waals surface area contributed by atoms with E-state index in [2.05, 4.69) is 9.46 Å². The molecule has 0 aromatic heterocycles. The number of methoxy groups -OCH3 is 1. The van der Waals surface area contributed by atoms with Gasteiger partial charge in [0.15, 0.2) is 0 Å². The van der Waals surface area contributed by atoms with Gasteiger partial charge in [-0.2, -0.15) is 0 Å². The topological polar surface area (TPSA) is 84.9 Å². The summed E-state index contributed by atoms with van der Waals surface area (Å²) < 4.78 is 72.1. The fourth-order valence-electron chi connectivity index (χ4n) is 2.11. The quantitative estimate of drug-likeness (QED) is 0.837. The van der Waals surface area contributed by atoms with Crippen LogP contribution in [0.2, 0.25) is 0 Å². The van der Waals surface area contributed by atoms with Gasteiger partial charge in [-0.1, -0.05) is 0 Å². The number of halogens is 3. The third-order valence-corrected chi connectivity index (χ3v) is 4.65. The summed E-state index contributed by atoms with van der Waals surface area (Å²) >= 11 is 0. The van der Waals surface area contributed by atoms with Crippen LogP contribution in [0.4, 0.5) is 13.2 Å². The monoisotopic (exact) mass is 377 g/mol. The maximum atomic E-state index is 12.4. The average Bonchev–Trinajstić information content (AvgIpc) is 2.54. The van der Waals surface area contributed by atoms with Gasteiger partial charge in [0.25, 0.3) is 0 Å². The first kappa shape index (κ1) is 18.9. The summed E-state index contributed by atoms with van der Waals surface area (Å²) in [6, 6.07) is 6.66. The van der Waals surface area contributed by atoms with Gasteiger partial charge >= 0.3 is 6.36 Å². The van der Waals surface area contributed by atoms with Crippen molar-refractivity contribution in [1.29, 1.82) is 0 Å². The van der Waals surface area contributed by atoms with E-state index in [1.807, 2.05) is 0 Å². The standard InChI is InChI=1S/C15H14F3NO5S/c1-19-25(21,22)10-4-6-14(23-2)12(8-10)11-7-9(3-5-13(11)20)24-15(16,17)18/h3-8,19-20H,1-2H3. The van der Waals surface area contributed by atoms with Gasteiger partial charge in [0, 0.05) is 11.1 Å². The Morgan fingerprint density at radius 1 is 1.08 bits per heavy atom. The molecule has 0 bridgehead atoms. The highest BCUT2D eigenvalue weighted by Gasteiger charge is 2.31. The van der Waals surface area contributed by atoms with Crippen LogP contribution in [0.1, 0.15) is 0 Å². The first-order chi connectivity index (χ1) is 11.6. The minimum atomic E-state index is -4.91. The van der Waals surface area contributed by atoms with Gasteiger partial charge in [0.1, 0.15) is 17.2 Å². The van der Waals surface area contributed by atoms with Crippen molar-refractivity contribution in [1.82, 2.24) is 4.72 Å². The van der Waals surface area contributed by atoms with E-state index in [1.165, 1.54) is 32.4 Å². The second-order valence-corrected chi connectivity index (χ2v) is 6.68. The van der Waals surface area contributed by atoms with Crippen molar-refractivity contribution >= 4 is 10.0 Å². The van der Waals surface area contributed by atoms with Crippen LogP contribution < -0.4 is 14.2 Å². The number of phenols is 1. The Balaban J connectivity index is 2.64. The lowest BCUT2D eigenvalue weighted by Gasteiger charge is -2.14. The molecule has 0 amide bonds. The first-order valence-corrected chi connectivity index (χ1v) is 8.26. The molecule has 10 heteroatoms. The number of alkyl halides is 3. The molecule has 0 atom stereocenters. The van der Waals surface area contributed by atoms with Crippen LogP contribution in [-0.4, -0.2) is 34.0 Å². The summed E-state index contributed by atoms with van der Waals surface area (Å²) in [5.41, 5.74) is 0.00991. The van der Waals surface area contributed by atoms with Crippen molar-refractivity contribution in [3.05, 3.63) is 36.4 Å². The largest absolute Gasteiger partial charge is 0.573 e. The average molecular weight is 377 g/mol. The van der Waals surface area contributed by atoms with E-state index in [4.69, 9.17) is 4.74 Å². The van der Waals surface area contributed by atoms with Crippen LogP contribution >= 0.6 is 0 Å². The molecule has 2 aromatic rings. The number of rotatable bonds is 5. The molecule has 25 heavy (non-hydrogen) atoms. The highest BCUT2D eigenvalue weighted by molar-refractivity contribution is 7.89. The lowest BCUT2D eigenvalue weighted by molar-refractivity contribution is -0.274. The van der Waals surface area contributed by atoms with E-state index in [0.29, 0.717) is 0 Å². The lowest BCUT2D eigenvalue weighted by atomic mass is 10.0. The van der Waals surface area contributed by atoms with Crippen molar-refractivity contribution in [3.63, 3.8) is 0 Å². The molecule has 2 aromatic carbocycles. The van der Waals surface area contributed by atoms with Crippen molar-refractivity contribution in [2.75, 3.05) is 14.2 Å². The van der Waals surface area contributed by atoms with Crippen molar-refractivity contribution < 1.29 is 36.2 Å². The van der Waals surface area contributed by atoms with E-state index in [1.54, 1.807) is 0 Å². The number of aromatic hydroxyl groups is 1. The van der Waals surface area contributed by atoms with Crippen LogP contribution in [0.3, 0.4) is 0 Å². The van der Waals surface area contributed by atoms with Gasteiger partial charge < -0.3 is 14.6 Å². The fourth-order valence-corrected chi connectivity index (χ4v) is 2.87. The Morgan fingerprint density at radius 3 is 2.32 bits per heavy atom. The molecule has 2 rings (SSSR count). The van der Waals surface area contributed by atoms with Crippen LogP contribution in [-0.2, 0) is 10.0 Å². The summed E-state index contributed by atoms with van der Waals surface area (Å²) in [6.07, 6.45) is -4.91. The summed E-state index contributed by atoms with van der Waals surface area (Å²) in [5, 5.41) is 10.0. The predicted octanol–water partition coefficient (Wildman–Crippen LogP) is 2.87. The summed E-state index contributed by atoms with van der Waals surface area (Å²) in [5.74, 6) is -0.773. The molecule has 0 saturated carbocycles. The molecule has 2 N–H and O–H groups in total. The van der Waals surface area contributed by atoms with Gasteiger partial charge in [-0.25, -0.2) is 13.1 Å². The van der Waals surface area contributed by atoms with Gasteiger partial charge in [-0.3, -0.25) is 0 Å². The van der Waals surface area contributed by atoms with Gasteiger partial charge in [-0.05, 0) is 43.4 Å². The molecule has 0 unspecified atom stereocenters. The number of phenolic OH excluding ortho intramolecular Hbond substituents is 1. The van der Waals surface area contributed by atoms with Crippen LogP contribution in [0, 0.1) is 0 Å². The lowest BCUT2D eigenvalue weighted by Crippen LogP contribution is -2.18. The second kappa shape index (κ2) is 6.81. The number of benzene rings is 2. The van der Waals surface area contributed by atoms with Crippen molar-refractivity contribution in [2.24, 2.45) is 0 Å². The predicted molar refractivity (Wildman–Crippen MR) is 83.0 cm³/mol. The maximum Gasteiger partial charge on any atom is 0.573 e.